The molecule has 0 saturated carbocycles. The Hall–Kier alpha value is -1.44. The van der Waals surface area contributed by atoms with E-state index in [0.717, 1.165) is 11.5 Å². The van der Waals surface area contributed by atoms with E-state index in [2.05, 4.69) is 10.3 Å². The smallest absolute Gasteiger partial charge is 0.189 e. The number of furan rings is 1. The molecular formula is C9H10N4OS2. The van der Waals surface area contributed by atoms with Gasteiger partial charge in [-0.3, -0.25) is 0 Å². The van der Waals surface area contributed by atoms with Gasteiger partial charge in [-0.05, 0) is 24.4 Å². The fourth-order valence-electron chi connectivity index (χ4n) is 1.17. The summed E-state index contributed by atoms with van der Waals surface area (Å²) >= 11 is 6.13. The topological polar surface area (TPSA) is 90.1 Å². The summed E-state index contributed by atoms with van der Waals surface area (Å²) in [6, 6.07) is 3.66. The molecule has 0 aliphatic heterocycles. The predicted octanol–water partition coefficient (Wildman–Crippen LogP) is 1.52. The molecule has 0 saturated heterocycles. The van der Waals surface area contributed by atoms with Crippen LogP contribution in [0.25, 0.3) is 11.5 Å². The number of nitrogens with zero attached hydrogens (tertiary/aromatic N) is 1. The highest BCUT2D eigenvalue weighted by Gasteiger charge is 2.08. The van der Waals surface area contributed by atoms with Crippen molar-refractivity contribution in [3.8, 4) is 11.5 Å². The van der Waals surface area contributed by atoms with Crippen molar-refractivity contribution < 1.29 is 4.42 Å². The van der Waals surface area contributed by atoms with E-state index >= 15 is 0 Å². The summed E-state index contributed by atoms with van der Waals surface area (Å²) in [5.41, 5.74) is 11.5. The van der Waals surface area contributed by atoms with Crippen molar-refractivity contribution in [1.82, 2.24) is 4.98 Å². The monoisotopic (exact) mass is 254 g/mol. The molecule has 2 rings (SSSR count). The first-order chi connectivity index (χ1) is 7.69. The molecule has 0 unspecified atom stereocenters. The van der Waals surface area contributed by atoms with Crippen LogP contribution in [0.5, 0.6) is 0 Å². The lowest BCUT2D eigenvalue weighted by Crippen LogP contribution is -2.18. The molecule has 5 nitrogen and oxygen atoms in total. The standard InChI is InChI=1S/C9H10N4OS2/c10-3-5-1-2-7(14-5)6-4-16-9(12-6)13-8(11)15/h1-2,4H,3,10H2,(H3,11,12,13,15). The highest BCUT2D eigenvalue weighted by Crippen LogP contribution is 2.26. The zero-order valence-corrected chi connectivity index (χ0v) is 9.90. The van der Waals surface area contributed by atoms with Crippen molar-refractivity contribution in [2.45, 2.75) is 6.54 Å². The van der Waals surface area contributed by atoms with Crippen molar-refractivity contribution in [3.05, 3.63) is 23.3 Å². The Morgan fingerprint density at radius 1 is 1.56 bits per heavy atom. The van der Waals surface area contributed by atoms with Crippen LogP contribution in [0.1, 0.15) is 5.76 Å². The first-order valence-corrected chi connectivity index (χ1v) is 5.79. The van der Waals surface area contributed by atoms with Gasteiger partial charge in [0.15, 0.2) is 16.0 Å². The highest BCUT2D eigenvalue weighted by molar-refractivity contribution is 7.80. The Bertz CT molecular complexity index is 505. The molecular weight excluding hydrogens is 244 g/mol. The van der Waals surface area contributed by atoms with Crippen molar-refractivity contribution in [1.29, 1.82) is 0 Å². The summed E-state index contributed by atoms with van der Waals surface area (Å²) in [4.78, 5) is 4.27. The fraction of sp³-hybridized carbons (Fsp3) is 0.111. The van der Waals surface area contributed by atoms with Crippen LogP contribution in [0.2, 0.25) is 0 Å². The maximum Gasteiger partial charge on any atom is 0.189 e. The van der Waals surface area contributed by atoms with Gasteiger partial charge in [0, 0.05) is 5.38 Å². The number of hydrogen-bond acceptors (Lipinski definition) is 5. The second-order valence-electron chi connectivity index (χ2n) is 3.00. The van der Waals surface area contributed by atoms with Gasteiger partial charge in [-0.2, -0.15) is 0 Å². The van der Waals surface area contributed by atoms with Gasteiger partial charge in [0.1, 0.15) is 11.5 Å². The molecule has 2 heterocycles. The third-order valence-electron chi connectivity index (χ3n) is 1.85. The van der Waals surface area contributed by atoms with Crippen LogP contribution < -0.4 is 16.8 Å². The largest absolute Gasteiger partial charge is 0.458 e. The number of nitrogens with two attached hydrogens (primary N) is 2. The molecule has 0 spiro atoms. The SMILES string of the molecule is NCc1ccc(-c2csc(NC(N)=S)n2)o1. The van der Waals surface area contributed by atoms with Gasteiger partial charge in [-0.1, -0.05) is 0 Å². The van der Waals surface area contributed by atoms with Crippen LogP contribution >= 0.6 is 23.6 Å². The average molecular weight is 254 g/mol. The molecule has 84 valence electrons. The van der Waals surface area contributed by atoms with E-state index in [-0.39, 0.29) is 5.11 Å². The Morgan fingerprint density at radius 3 is 3.00 bits per heavy atom. The van der Waals surface area contributed by atoms with E-state index in [9.17, 15) is 0 Å². The Labute approximate surface area is 101 Å². The highest BCUT2D eigenvalue weighted by atomic mass is 32.1. The second-order valence-corrected chi connectivity index (χ2v) is 4.30. The van der Waals surface area contributed by atoms with Crippen molar-refractivity contribution in [3.63, 3.8) is 0 Å². The number of thiocarbonyl (C=S) groups is 1. The molecule has 5 N–H and O–H groups in total. The molecule has 0 fully saturated rings. The molecule has 2 aromatic heterocycles. The number of anilines is 1. The number of thiazole rings is 1. The number of nitrogens with one attached hydrogen (secondary N) is 1. The molecule has 0 aliphatic carbocycles. The maximum absolute atomic E-state index is 5.46. The molecule has 7 heteroatoms. The zero-order chi connectivity index (χ0) is 11.5. The molecule has 0 amide bonds. The molecule has 0 aromatic carbocycles. The zero-order valence-electron chi connectivity index (χ0n) is 8.27. The van der Waals surface area contributed by atoms with Crippen LogP contribution in [0.4, 0.5) is 5.13 Å². The molecule has 0 bridgehead atoms. The lowest BCUT2D eigenvalue weighted by molar-refractivity contribution is 0.524. The quantitative estimate of drug-likeness (QED) is 0.719. The third kappa shape index (κ3) is 2.38. The van der Waals surface area contributed by atoms with Gasteiger partial charge in [-0.25, -0.2) is 4.98 Å². The summed E-state index contributed by atoms with van der Waals surface area (Å²) in [6.45, 7) is 0.377. The second kappa shape index (κ2) is 4.60. The minimum atomic E-state index is 0.197. The average Bonchev–Trinajstić information content (AvgIpc) is 2.83. The van der Waals surface area contributed by atoms with Gasteiger partial charge in [0.2, 0.25) is 0 Å². The van der Waals surface area contributed by atoms with E-state index < -0.39 is 0 Å². The number of rotatable bonds is 3. The van der Waals surface area contributed by atoms with Gasteiger partial charge in [0.25, 0.3) is 0 Å². The number of hydrogen-bond donors (Lipinski definition) is 3. The summed E-state index contributed by atoms with van der Waals surface area (Å²) < 4.78 is 5.46. The fourth-order valence-corrected chi connectivity index (χ4v) is 2.05. The lowest BCUT2D eigenvalue weighted by Gasteiger charge is -1.95. The van der Waals surface area contributed by atoms with Crippen LogP contribution in [0.3, 0.4) is 0 Å². The Morgan fingerprint density at radius 2 is 2.38 bits per heavy atom. The summed E-state index contributed by atoms with van der Waals surface area (Å²) in [5, 5.41) is 5.47. The molecule has 0 radical (unpaired) electrons. The molecule has 16 heavy (non-hydrogen) atoms. The van der Waals surface area contributed by atoms with Crippen molar-refractivity contribution >= 4 is 33.8 Å². The first-order valence-electron chi connectivity index (χ1n) is 4.50. The van der Waals surface area contributed by atoms with E-state index in [0.29, 0.717) is 17.4 Å². The minimum absolute atomic E-state index is 0.197. The van der Waals surface area contributed by atoms with Crippen LogP contribution in [0.15, 0.2) is 21.9 Å². The van der Waals surface area contributed by atoms with E-state index in [1.54, 1.807) is 0 Å². The Kier molecular flexibility index (Phi) is 3.18. The predicted molar refractivity (Wildman–Crippen MR) is 68.1 cm³/mol. The van der Waals surface area contributed by atoms with E-state index in [4.69, 9.17) is 28.1 Å². The van der Waals surface area contributed by atoms with Gasteiger partial charge < -0.3 is 21.2 Å². The summed E-state index contributed by atoms with van der Waals surface area (Å²) in [5.74, 6) is 1.42. The van der Waals surface area contributed by atoms with Crippen molar-refractivity contribution in [2.75, 3.05) is 5.32 Å². The lowest BCUT2D eigenvalue weighted by atomic mass is 10.3. The maximum atomic E-state index is 5.46. The number of aromatic nitrogens is 1. The van der Waals surface area contributed by atoms with Crippen LogP contribution in [-0.2, 0) is 6.54 Å². The molecule has 2 aromatic rings. The van der Waals surface area contributed by atoms with Crippen LogP contribution in [0, 0.1) is 0 Å². The third-order valence-corrected chi connectivity index (χ3v) is 2.71. The normalized spacial score (nSPS) is 10.3. The van der Waals surface area contributed by atoms with E-state index in [1.165, 1.54) is 11.3 Å². The van der Waals surface area contributed by atoms with Crippen molar-refractivity contribution in [2.24, 2.45) is 11.5 Å². The van der Waals surface area contributed by atoms with Gasteiger partial charge >= 0.3 is 0 Å². The Balaban J connectivity index is 2.20. The molecule has 0 atom stereocenters. The molecule has 0 aliphatic rings. The van der Waals surface area contributed by atoms with E-state index in [1.807, 2.05) is 17.5 Å². The van der Waals surface area contributed by atoms with Crippen LogP contribution in [-0.4, -0.2) is 10.1 Å². The van der Waals surface area contributed by atoms with Gasteiger partial charge in [0.05, 0.1) is 6.54 Å². The summed E-state index contributed by atoms with van der Waals surface area (Å²) in [6.07, 6.45) is 0. The van der Waals surface area contributed by atoms with Gasteiger partial charge in [-0.15, -0.1) is 11.3 Å². The summed E-state index contributed by atoms with van der Waals surface area (Å²) in [7, 11) is 0. The minimum Gasteiger partial charge on any atom is -0.458 e. The first kappa shape index (κ1) is 11.1.